The van der Waals surface area contributed by atoms with Crippen molar-refractivity contribution in [2.75, 3.05) is 6.54 Å². The molecule has 2 aromatic heterocycles. The van der Waals surface area contributed by atoms with Crippen molar-refractivity contribution >= 4 is 23.3 Å². The van der Waals surface area contributed by atoms with Crippen LogP contribution >= 0.6 is 11.6 Å². The van der Waals surface area contributed by atoms with Gasteiger partial charge >= 0.3 is 12.0 Å². The van der Waals surface area contributed by atoms with Gasteiger partial charge in [-0.15, -0.1) is 5.10 Å². The van der Waals surface area contributed by atoms with Crippen molar-refractivity contribution in [2.24, 2.45) is 0 Å². The predicted molar refractivity (Wildman–Crippen MR) is 86.4 cm³/mol. The minimum absolute atomic E-state index is 0.0275. The number of halogens is 4. The number of aromatic amines is 1. The SMILES string of the molecule is O=C(NCCCn1nc(C(F)(F)F)c(Cl)c1C1CC1)c1cc([N+](=O)[O-])[nH]n1. The first-order chi connectivity index (χ1) is 12.7. The Morgan fingerprint density at radius 2 is 2.19 bits per heavy atom. The minimum atomic E-state index is -4.63. The highest BCUT2D eigenvalue weighted by Gasteiger charge is 2.41. The molecule has 0 bridgehead atoms. The summed E-state index contributed by atoms with van der Waals surface area (Å²) < 4.78 is 40.2. The summed E-state index contributed by atoms with van der Waals surface area (Å²) in [5, 5.41) is 21.9. The van der Waals surface area contributed by atoms with Crippen LogP contribution in [0.5, 0.6) is 0 Å². The van der Waals surface area contributed by atoms with Gasteiger partial charge in [0.05, 0.1) is 16.8 Å². The maximum absolute atomic E-state index is 13.0. The average Bonchev–Trinajstić information content (AvgIpc) is 3.17. The molecule has 2 aromatic rings. The van der Waals surface area contributed by atoms with Gasteiger partial charge in [-0.1, -0.05) is 16.7 Å². The van der Waals surface area contributed by atoms with E-state index in [9.17, 15) is 28.1 Å². The Bertz CT molecular complexity index is 874. The summed E-state index contributed by atoms with van der Waals surface area (Å²) in [7, 11) is 0. The molecule has 1 amide bonds. The summed E-state index contributed by atoms with van der Waals surface area (Å²) in [6, 6.07) is 0.989. The lowest BCUT2D eigenvalue weighted by Gasteiger charge is -2.07. The second kappa shape index (κ2) is 7.18. The number of nitrogens with one attached hydrogen (secondary N) is 2. The zero-order chi connectivity index (χ0) is 19.8. The number of amides is 1. The van der Waals surface area contributed by atoms with E-state index in [0.29, 0.717) is 12.1 Å². The van der Waals surface area contributed by atoms with Crippen LogP contribution in [0.1, 0.15) is 47.1 Å². The van der Waals surface area contributed by atoms with E-state index in [1.165, 1.54) is 4.68 Å². The van der Waals surface area contributed by atoms with E-state index in [0.717, 1.165) is 18.9 Å². The molecule has 1 aliphatic carbocycles. The second-order valence-corrected chi connectivity index (χ2v) is 6.43. The van der Waals surface area contributed by atoms with Crippen LogP contribution in [-0.2, 0) is 12.7 Å². The van der Waals surface area contributed by atoms with E-state index in [2.05, 4.69) is 20.6 Å². The fourth-order valence-electron chi connectivity index (χ4n) is 2.59. The van der Waals surface area contributed by atoms with E-state index in [-0.39, 0.29) is 29.7 Å². The third-order valence-electron chi connectivity index (χ3n) is 3.99. The summed E-state index contributed by atoms with van der Waals surface area (Å²) in [4.78, 5) is 21.7. The van der Waals surface area contributed by atoms with Crippen LogP contribution in [0.2, 0.25) is 5.02 Å². The number of hydrogen-bond acceptors (Lipinski definition) is 5. The largest absolute Gasteiger partial charge is 0.436 e. The Balaban J connectivity index is 1.59. The summed E-state index contributed by atoms with van der Waals surface area (Å²) >= 11 is 5.88. The van der Waals surface area contributed by atoms with Gasteiger partial charge in [-0.05, 0) is 24.2 Å². The molecule has 0 atom stereocenters. The Labute approximate surface area is 155 Å². The summed E-state index contributed by atoms with van der Waals surface area (Å²) in [6.07, 6.45) is -2.81. The number of rotatable bonds is 7. The van der Waals surface area contributed by atoms with Crippen LogP contribution in [0.25, 0.3) is 0 Å². The van der Waals surface area contributed by atoms with E-state index >= 15 is 0 Å². The third-order valence-corrected chi connectivity index (χ3v) is 4.36. The lowest BCUT2D eigenvalue weighted by atomic mass is 10.2. The number of carbonyl (C=O) groups excluding carboxylic acids is 1. The van der Waals surface area contributed by atoms with Crippen LogP contribution in [0.4, 0.5) is 19.0 Å². The molecule has 0 spiro atoms. The Kier molecular flexibility index (Phi) is 5.09. The topological polar surface area (TPSA) is 119 Å². The first kappa shape index (κ1) is 19.1. The Hall–Kier alpha value is -2.63. The Morgan fingerprint density at radius 3 is 2.74 bits per heavy atom. The third kappa shape index (κ3) is 4.21. The number of alkyl halides is 3. The first-order valence-corrected chi connectivity index (χ1v) is 8.37. The van der Waals surface area contributed by atoms with Crippen molar-refractivity contribution < 1.29 is 22.9 Å². The molecule has 27 heavy (non-hydrogen) atoms. The predicted octanol–water partition coefficient (Wildman–Crippen LogP) is 2.88. The number of H-pyrrole nitrogens is 1. The highest BCUT2D eigenvalue weighted by Crippen LogP contribution is 2.46. The zero-order valence-corrected chi connectivity index (χ0v) is 14.5. The lowest BCUT2D eigenvalue weighted by Crippen LogP contribution is -2.26. The van der Waals surface area contributed by atoms with Crippen LogP contribution in [0.15, 0.2) is 6.07 Å². The molecule has 1 aliphatic rings. The molecule has 0 saturated heterocycles. The molecule has 0 unspecified atom stereocenters. The normalized spacial score (nSPS) is 14.4. The Morgan fingerprint density at radius 1 is 1.48 bits per heavy atom. The minimum Gasteiger partial charge on any atom is -0.358 e. The monoisotopic (exact) mass is 406 g/mol. The number of carbonyl (C=O) groups is 1. The molecule has 0 radical (unpaired) electrons. The van der Waals surface area contributed by atoms with Gasteiger partial charge in [0, 0.05) is 19.0 Å². The smallest absolute Gasteiger partial charge is 0.358 e. The number of nitrogens with zero attached hydrogens (tertiary/aromatic N) is 4. The second-order valence-electron chi connectivity index (χ2n) is 6.05. The van der Waals surface area contributed by atoms with Crippen LogP contribution in [-0.4, -0.2) is 37.4 Å². The molecule has 146 valence electrons. The maximum Gasteiger partial charge on any atom is 0.436 e. The van der Waals surface area contributed by atoms with Gasteiger partial charge in [0.25, 0.3) is 5.91 Å². The van der Waals surface area contributed by atoms with Gasteiger partial charge in [0.2, 0.25) is 0 Å². The molecule has 0 aromatic carbocycles. The van der Waals surface area contributed by atoms with Crippen molar-refractivity contribution in [1.82, 2.24) is 25.3 Å². The zero-order valence-electron chi connectivity index (χ0n) is 13.7. The van der Waals surface area contributed by atoms with Gasteiger partial charge in [0.15, 0.2) is 11.4 Å². The highest BCUT2D eigenvalue weighted by molar-refractivity contribution is 6.32. The van der Waals surface area contributed by atoms with E-state index in [1.54, 1.807) is 0 Å². The number of aromatic nitrogens is 4. The van der Waals surface area contributed by atoms with Crippen molar-refractivity contribution in [3.8, 4) is 0 Å². The van der Waals surface area contributed by atoms with Gasteiger partial charge < -0.3 is 15.4 Å². The molecular weight excluding hydrogens is 393 g/mol. The molecule has 1 saturated carbocycles. The molecular formula is C14H14ClF3N6O3. The quantitative estimate of drug-likeness (QED) is 0.416. The fraction of sp³-hybridized carbons (Fsp3) is 0.500. The molecule has 9 nitrogen and oxygen atoms in total. The summed E-state index contributed by atoms with van der Waals surface area (Å²) in [6.45, 7) is 0.269. The standard InChI is InChI=1S/C14H14ClF3N6O3/c15-10-11(7-2-3-7)23(22-12(10)14(16,17)18)5-1-4-19-13(25)8-6-9(21-20-8)24(26)27/h6-7H,1-5H2,(H,19,25)(H,20,21). The molecule has 3 rings (SSSR count). The van der Waals surface area contributed by atoms with Gasteiger partial charge in [0.1, 0.15) is 0 Å². The van der Waals surface area contributed by atoms with E-state index < -0.39 is 28.5 Å². The highest BCUT2D eigenvalue weighted by atomic mass is 35.5. The molecule has 0 aliphatic heterocycles. The van der Waals surface area contributed by atoms with Crippen molar-refractivity contribution in [1.29, 1.82) is 0 Å². The molecule has 1 fully saturated rings. The van der Waals surface area contributed by atoms with Crippen molar-refractivity contribution in [3.05, 3.63) is 38.3 Å². The molecule has 2 heterocycles. The van der Waals surface area contributed by atoms with Crippen LogP contribution < -0.4 is 5.32 Å². The van der Waals surface area contributed by atoms with Crippen molar-refractivity contribution in [2.45, 2.75) is 37.9 Å². The van der Waals surface area contributed by atoms with E-state index in [4.69, 9.17) is 11.6 Å². The first-order valence-electron chi connectivity index (χ1n) is 8.00. The number of nitro groups is 1. The lowest BCUT2D eigenvalue weighted by molar-refractivity contribution is -0.389. The van der Waals surface area contributed by atoms with Gasteiger partial charge in [-0.2, -0.15) is 18.3 Å². The summed E-state index contributed by atoms with van der Waals surface area (Å²) in [5.74, 6) is -1.07. The van der Waals surface area contributed by atoms with Crippen LogP contribution in [0, 0.1) is 10.1 Å². The number of aryl methyl sites for hydroxylation is 1. The average molecular weight is 407 g/mol. The van der Waals surface area contributed by atoms with Crippen molar-refractivity contribution in [3.63, 3.8) is 0 Å². The van der Waals surface area contributed by atoms with Gasteiger partial charge in [-0.25, -0.2) is 0 Å². The number of hydrogen-bond donors (Lipinski definition) is 2. The fourth-order valence-corrected chi connectivity index (χ4v) is 2.99. The molecule has 13 heteroatoms. The van der Waals surface area contributed by atoms with E-state index in [1.807, 2.05) is 0 Å². The van der Waals surface area contributed by atoms with Crippen LogP contribution in [0.3, 0.4) is 0 Å². The van der Waals surface area contributed by atoms with Gasteiger partial charge in [-0.3, -0.25) is 9.48 Å². The molecule has 2 N–H and O–H groups in total. The summed E-state index contributed by atoms with van der Waals surface area (Å²) in [5.41, 5.74) is -0.876. The maximum atomic E-state index is 13.0.